The maximum absolute atomic E-state index is 11.6. The molecule has 35 heavy (non-hydrogen) atoms. The van der Waals surface area contributed by atoms with E-state index in [0.717, 1.165) is 39.2 Å². The van der Waals surface area contributed by atoms with Crippen molar-refractivity contribution < 1.29 is 19.2 Å². The molecule has 1 unspecified atom stereocenters. The number of benzene rings is 2. The highest BCUT2D eigenvalue weighted by atomic mass is 28.3. The van der Waals surface area contributed by atoms with Crippen molar-refractivity contribution in [2.45, 2.75) is 13.5 Å². The Morgan fingerprint density at radius 3 is 2.46 bits per heavy atom. The van der Waals surface area contributed by atoms with Gasteiger partial charge < -0.3 is 19.5 Å². The highest BCUT2D eigenvalue weighted by Crippen LogP contribution is 2.45. The molecule has 0 bridgehead atoms. The number of hydrogen-bond donors (Lipinski definition) is 0. The van der Waals surface area contributed by atoms with Gasteiger partial charge in [-0.1, -0.05) is 18.3 Å². The Morgan fingerprint density at radius 1 is 1.17 bits per heavy atom. The van der Waals surface area contributed by atoms with Gasteiger partial charge in [0.1, 0.15) is 27.9 Å². The Kier molecular flexibility index (Phi) is 6.19. The lowest BCUT2D eigenvalue weighted by Gasteiger charge is -2.39. The highest BCUT2D eigenvalue weighted by Gasteiger charge is 2.42. The number of carbonyl (C=O) groups is 1. The van der Waals surface area contributed by atoms with E-state index >= 15 is 0 Å². The van der Waals surface area contributed by atoms with Crippen LogP contribution >= 0.6 is 0 Å². The van der Waals surface area contributed by atoms with Crippen LogP contribution in [0.4, 0.5) is 5.69 Å². The van der Waals surface area contributed by atoms with Gasteiger partial charge in [0, 0.05) is 43.1 Å². The predicted octanol–water partition coefficient (Wildman–Crippen LogP) is 3.01. The minimum atomic E-state index is -2.31. The summed E-state index contributed by atoms with van der Waals surface area (Å²) in [5, 5.41) is 14.2. The van der Waals surface area contributed by atoms with E-state index in [9.17, 15) is 9.90 Å². The molecule has 2 aromatic carbocycles. The van der Waals surface area contributed by atoms with Gasteiger partial charge in [0.05, 0.1) is 13.1 Å². The summed E-state index contributed by atoms with van der Waals surface area (Å²) in [6.45, 7) is 8.58. The van der Waals surface area contributed by atoms with Crippen LogP contribution in [0.5, 0.6) is 5.75 Å². The summed E-state index contributed by atoms with van der Waals surface area (Å²) in [6.07, 6.45) is 6.60. The molecule has 2 aliphatic rings. The number of carboxylic acid groups (broad SMARTS) is 1. The summed E-state index contributed by atoms with van der Waals surface area (Å²) in [7, 11) is 7.46. The fraction of sp³-hybridized carbons (Fsp3) is 0.241. The highest BCUT2D eigenvalue weighted by molar-refractivity contribution is 7.02. The van der Waals surface area contributed by atoms with Crippen LogP contribution in [0.15, 0.2) is 71.6 Å². The SMILES string of the molecule is C=C[Si]1(C)C2=CC(=[N+](C)C)C=CC2=C(c2c(C)cc(C(=O)[O-])cc2OC)c2ccc(N(C)C)cc21. The lowest BCUT2D eigenvalue weighted by atomic mass is 9.86. The monoisotopic (exact) mass is 484 g/mol. The van der Waals surface area contributed by atoms with Crippen LogP contribution < -0.4 is 19.9 Å². The first kappa shape index (κ1) is 24.5. The third-order valence-corrected chi connectivity index (χ3v) is 11.0. The van der Waals surface area contributed by atoms with E-state index < -0.39 is 14.0 Å². The molecule has 0 N–H and O–H groups in total. The van der Waals surface area contributed by atoms with E-state index in [1.54, 1.807) is 19.2 Å². The van der Waals surface area contributed by atoms with Gasteiger partial charge in [-0.15, -0.1) is 6.58 Å². The summed E-state index contributed by atoms with van der Waals surface area (Å²) in [5.41, 5.74) is 9.58. The van der Waals surface area contributed by atoms with Gasteiger partial charge >= 0.3 is 0 Å². The lowest BCUT2D eigenvalue weighted by molar-refractivity contribution is -0.462. The molecule has 0 fully saturated rings. The lowest BCUT2D eigenvalue weighted by Crippen LogP contribution is -2.51. The molecule has 2 aromatic rings. The van der Waals surface area contributed by atoms with Crippen LogP contribution in [0.25, 0.3) is 5.57 Å². The zero-order valence-electron chi connectivity index (χ0n) is 21.5. The fourth-order valence-electron chi connectivity index (χ4n) is 5.05. The molecular weight excluding hydrogens is 452 g/mol. The first-order valence-electron chi connectivity index (χ1n) is 11.6. The number of methoxy groups -OCH3 is 1. The molecule has 1 aliphatic carbocycles. The maximum Gasteiger partial charge on any atom is 0.199 e. The van der Waals surface area contributed by atoms with E-state index in [4.69, 9.17) is 4.74 Å². The van der Waals surface area contributed by atoms with Crippen LogP contribution in [0, 0.1) is 6.92 Å². The largest absolute Gasteiger partial charge is 0.545 e. The second-order valence-electron chi connectivity index (χ2n) is 9.69. The van der Waals surface area contributed by atoms with Crippen molar-refractivity contribution in [1.29, 1.82) is 0 Å². The number of nitrogens with zero attached hydrogens (tertiary/aromatic N) is 2. The summed E-state index contributed by atoms with van der Waals surface area (Å²) < 4.78 is 7.88. The zero-order valence-corrected chi connectivity index (χ0v) is 22.5. The Morgan fingerprint density at radius 2 is 1.89 bits per heavy atom. The molecule has 0 radical (unpaired) electrons. The van der Waals surface area contributed by atoms with Crippen molar-refractivity contribution in [3.63, 3.8) is 0 Å². The number of carbonyl (C=O) groups excluding carboxylic acids is 1. The maximum atomic E-state index is 11.6. The zero-order chi connectivity index (χ0) is 25.7. The van der Waals surface area contributed by atoms with E-state index in [2.05, 4.69) is 64.7 Å². The standard InChI is InChI=1S/C29H32N2O3Si/c1-9-35(8)25-16-20(30(3)4)10-12-22(25)28(23-13-11-21(31(5)6)17-26(23)35)27-18(2)14-19(29(32)33)15-24(27)34-7/h9-17H,1H2,2-8H3. The minimum Gasteiger partial charge on any atom is -0.545 e. The van der Waals surface area contributed by atoms with Crippen molar-refractivity contribution in [3.8, 4) is 5.75 Å². The van der Waals surface area contributed by atoms with E-state index in [1.165, 1.54) is 10.4 Å². The van der Waals surface area contributed by atoms with Crippen LogP contribution in [0.2, 0.25) is 6.55 Å². The summed E-state index contributed by atoms with van der Waals surface area (Å²) in [5.74, 6) is -0.696. The van der Waals surface area contributed by atoms with Crippen LogP contribution in [0.1, 0.15) is 27.0 Å². The van der Waals surface area contributed by atoms with Crippen molar-refractivity contribution in [2.75, 3.05) is 40.2 Å². The Hall–Kier alpha value is -3.64. The van der Waals surface area contributed by atoms with Gasteiger partial charge in [-0.05, 0) is 69.9 Å². The molecule has 1 atom stereocenters. The number of ether oxygens (including phenoxy) is 1. The number of carboxylic acids is 1. The van der Waals surface area contributed by atoms with E-state index in [1.807, 2.05) is 35.1 Å². The summed E-state index contributed by atoms with van der Waals surface area (Å²) >= 11 is 0. The topological polar surface area (TPSA) is 55.6 Å². The van der Waals surface area contributed by atoms with Gasteiger partial charge in [-0.25, -0.2) is 4.58 Å². The smallest absolute Gasteiger partial charge is 0.199 e. The Bertz CT molecular complexity index is 1390. The second-order valence-corrected chi connectivity index (χ2v) is 13.6. The van der Waals surface area contributed by atoms with Crippen LogP contribution in [-0.2, 0) is 0 Å². The molecule has 1 aliphatic heterocycles. The molecule has 0 saturated heterocycles. The number of anilines is 1. The minimum absolute atomic E-state index is 0.108. The van der Waals surface area contributed by atoms with Crippen molar-refractivity contribution in [1.82, 2.24) is 0 Å². The van der Waals surface area contributed by atoms with Crippen LogP contribution in [0.3, 0.4) is 0 Å². The number of allylic oxidation sites excluding steroid dienone is 5. The molecule has 0 spiro atoms. The molecule has 4 rings (SSSR count). The van der Waals surface area contributed by atoms with Crippen molar-refractivity contribution in [3.05, 3.63) is 93.9 Å². The van der Waals surface area contributed by atoms with Gasteiger partial charge in [0.15, 0.2) is 5.71 Å². The van der Waals surface area contributed by atoms with Gasteiger partial charge in [-0.3, -0.25) is 0 Å². The first-order chi connectivity index (χ1) is 16.5. The Labute approximate surface area is 208 Å². The molecular formula is C29H32N2O3Si. The van der Waals surface area contributed by atoms with Gasteiger partial charge in [0.2, 0.25) is 0 Å². The number of hydrogen-bond acceptors (Lipinski definition) is 4. The molecule has 0 amide bonds. The van der Waals surface area contributed by atoms with E-state index in [0.29, 0.717) is 5.75 Å². The molecule has 0 aromatic heterocycles. The fourth-order valence-corrected chi connectivity index (χ4v) is 8.21. The average molecular weight is 485 g/mol. The van der Waals surface area contributed by atoms with E-state index in [-0.39, 0.29) is 5.56 Å². The summed E-state index contributed by atoms with van der Waals surface area (Å²) in [6, 6.07) is 9.83. The van der Waals surface area contributed by atoms with Crippen molar-refractivity contribution in [2.24, 2.45) is 0 Å². The van der Waals surface area contributed by atoms with Gasteiger partial charge in [-0.2, -0.15) is 0 Å². The molecule has 0 saturated carbocycles. The predicted molar refractivity (Wildman–Crippen MR) is 145 cm³/mol. The van der Waals surface area contributed by atoms with Crippen LogP contribution in [-0.4, -0.2) is 59.6 Å². The van der Waals surface area contributed by atoms with Crippen molar-refractivity contribution >= 4 is 36.2 Å². The number of aromatic carboxylic acids is 1. The van der Waals surface area contributed by atoms with Gasteiger partial charge in [0.25, 0.3) is 0 Å². The number of fused-ring (bicyclic) bond motifs is 2. The quantitative estimate of drug-likeness (QED) is 0.484. The third-order valence-electron chi connectivity index (χ3n) is 7.11. The number of rotatable bonds is 5. The third kappa shape index (κ3) is 3.88. The second kappa shape index (κ2) is 8.85. The number of aryl methyl sites for hydroxylation is 1. The normalized spacial score (nSPS) is 18.5. The molecule has 180 valence electrons. The molecule has 5 nitrogen and oxygen atoms in total. The molecule has 1 heterocycles. The first-order valence-corrected chi connectivity index (χ1v) is 14.2. The summed E-state index contributed by atoms with van der Waals surface area (Å²) in [4.78, 5) is 13.8. The molecule has 6 heteroatoms. The average Bonchev–Trinajstić information content (AvgIpc) is 2.83. The Balaban J connectivity index is 2.18.